The molecule has 0 aliphatic rings. The van der Waals surface area contributed by atoms with Gasteiger partial charge in [-0.15, -0.1) is 5.10 Å². The summed E-state index contributed by atoms with van der Waals surface area (Å²) in [6, 6.07) is 0. The van der Waals surface area contributed by atoms with Crippen LogP contribution in [0.3, 0.4) is 0 Å². The van der Waals surface area contributed by atoms with Crippen molar-refractivity contribution < 1.29 is 4.92 Å². The van der Waals surface area contributed by atoms with Crippen LogP contribution in [-0.4, -0.2) is 20.7 Å². The van der Waals surface area contributed by atoms with Gasteiger partial charge in [0.2, 0.25) is 0 Å². The Balaban J connectivity index is 2.68. The fourth-order valence-corrected chi connectivity index (χ4v) is 1.10. The molecule has 1 aromatic rings. The molecule has 0 fully saturated rings. The Hall–Kier alpha value is -1.43. The van der Waals surface area contributed by atoms with Crippen LogP contribution in [0.25, 0.3) is 0 Å². The number of aromatic amines is 1. The molecule has 0 bridgehead atoms. The molecule has 1 rings (SSSR count). The predicted molar refractivity (Wildman–Crippen MR) is 51.8 cm³/mol. The molecule has 1 heterocycles. The molecule has 6 nitrogen and oxygen atoms in total. The molecule has 6 heteroatoms. The maximum Gasteiger partial charge on any atom is 0.345 e. The monoisotopic (exact) mass is 198 g/mol. The van der Waals surface area contributed by atoms with Crippen molar-refractivity contribution in [2.45, 2.75) is 32.2 Å². The lowest BCUT2D eigenvalue weighted by molar-refractivity contribution is -0.390. The van der Waals surface area contributed by atoms with Crippen LogP contribution in [0, 0.1) is 10.1 Å². The largest absolute Gasteiger partial charge is 0.358 e. The van der Waals surface area contributed by atoms with E-state index in [1.807, 2.05) is 13.8 Å². The molecule has 78 valence electrons. The average molecular weight is 198 g/mol. The van der Waals surface area contributed by atoms with Crippen LogP contribution < -0.4 is 5.73 Å². The molecule has 0 saturated carbocycles. The van der Waals surface area contributed by atoms with Gasteiger partial charge in [0, 0.05) is 5.54 Å². The van der Waals surface area contributed by atoms with E-state index in [1.165, 1.54) is 6.20 Å². The van der Waals surface area contributed by atoms with Crippen LogP contribution in [0.4, 0.5) is 5.82 Å². The molecular weight excluding hydrogens is 184 g/mol. The van der Waals surface area contributed by atoms with Gasteiger partial charge in [-0.3, -0.25) is 0 Å². The second kappa shape index (κ2) is 3.75. The summed E-state index contributed by atoms with van der Waals surface area (Å²) in [5.41, 5.74) is 6.07. The molecule has 0 aliphatic carbocycles. The van der Waals surface area contributed by atoms with E-state index in [1.54, 1.807) is 0 Å². The van der Waals surface area contributed by atoms with Crippen molar-refractivity contribution in [3.05, 3.63) is 21.9 Å². The minimum absolute atomic E-state index is 0.0331. The SMILES string of the molecule is CC(C)(N)CCc1cn[nH]c1[N+](=O)[O-]. The number of H-pyrrole nitrogens is 1. The van der Waals surface area contributed by atoms with Crippen molar-refractivity contribution in [1.29, 1.82) is 0 Å². The van der Waals surface area contributed by atoms with Gasteiger partial charge < -0.3 is 15.8 Å². The van der Waals surface area contributed by atoms with Crippen molar-refractivity contribution >= 4 is 5.82 Å². The fourth-order valence-electron chi connectivity index (χ4n) is 1.10. The number of rotatable bonds is 4. The van der Waals surface area contributed by atoms with Gasteiger partial charge in [-0.05, 0) is 31.6 Å². The molecule has 0 unspecified atom stereocenters. The van der Waals surface area contributed by atoms with E-state index in [4.69, 9.17) is 5.73 Å². The van der Waals surface area contributed by atoms with Gasteiger partial charge in [0.05, 0.1) is 11.8 Å². The summed E-state index contributed by atoms with van der Waals surface area (Å²) in [5, 5.41) is 16.5. The highest BCUT2D eigenvalue weighted by Gasteiger charge is 2.18. The second-order valence-electron chi connectivity index (χ2n) is 3.99. The Morgan fingerprint density at radius 2 is 2.36 bits per heavy atom. The van der Waals surface area contributed by atoms with Crippen LogP contribution in [0.15, 0.2) is 6.20 Å². The van der Waals surface area contributed by atoms with Crippen LogP contribution >= 0.6 is 0 Å². The Morgan fingerprint density at radius 1 is 1.71 bits per heavy atom. The third-order valence-electron chi connectivity index (χ3n) is 1.92. The number of nitrogens with two attached hydrogens (primary N) is 1. The lowest BCUT2D eigenvalue weighted by Crippen LogP contribution is -2.32. The zero-order valence-electron chi connectivity index (χ0n) is 8.28. The van der Waals surface area contributed by atoms with E-state index in [2.05, 4.69) is 10.2 Å². The average Bonchev–Trinajstić information content (AvgIpc) is 2.46. The van der Waals surface area contributed by atoms with Gasteiger partial charge in [-0.25, -0.2) is 0 Å². The molecule has 0 saturated heterocycles. The number of nitro groups is 1. The number of hydrogen-bond acceptors (Lipinski definition) is 4. The van der Waals surface area contributed by atoms with Crippen molar-refractivity contribution in [2.24, 2.45) is 5.73 Å². The number of nitrogens with zero attached hydrogens (tertiary/aromatic N) is 2. The van der Waals surface area contributed by atoms with Crippen LogP contribution in [0.2, 0.25) is 0 Å². The lowest BCUT2D eigenvalue weighted by atomic mass is 9.98. The topological polar surface area (TPSA) is 97.8 Å². The molecule has 0 aromatic carbocycles. The van der Waals surface area contributed by atoms with Crippen LogP contribution in [-0.2, 0) is 6.42 Å². The number of aryl methyl sites for hydroxylation is 1. The first-order valence-corrected chi connectivity index (χ1v) is 4.36. The summed E-state index contributed by atoms with van der Waals surface area (Å²) in [6.07, 6.45) is 2.73. The number of aromatic nitrogens is 2. The van der Waals surface area contributed by atoms with Crippen molar-refractivity contribution in [1.82, 2.24) is 10.2 Å². The van der Waals surface area contributed by atoms with Crippen molar-refractivity contribution in [3.8, 4) is 0 Å². The Kier molecular flexibility index (Phi) is 2.85. The second-order valence-corrected chi connectivity index (χ2v) is 3.99. The number of hydrogen-bond donors (Lipinski definition) is 2. The summed E-state index contributed by atoms with van der Waals surface area (Å²) >= 11 is 0. The molecule has 0 aliphatic heterocycles. The summed E-state index contributed by atoms with van der Waals surface area (Å²) in [4.78, 5) is 10.0. The summed E-state index contributed by atoms with van der Waals surface area (Å²) in [5.74, 6) is -0.0331. The van der Waals surface area contributed by atoms with E-state index >= 15 is 0 Å². The van der Waals surface area contributed by atoms with Gasteiger partial charge in [0.15, 0.2) is 0 Å². The lowest BCUT2D eigenvalue weighted by Gasteiger charge is -2.16. The van der Waals surface area contributed by atoms with Gasteiger partial charge in [-0.1, -0.05) is 5.10 Å². The fraction of sp³-hybridized carbons (Fsp3) is 0.625. The maximum atomic E-state index is 10.5. The molecule has 0 spiro atoms. The molecule has 0 atom stereocenters. The quantitative estimate of drug-likeness (QED) is 0.556. The molecule has 0 amide bonds. The zero-order valence-corrected chi connectivity index (χ0v) is 8.28. The molecular formula is C8H14N4O2. The Morgan fingerprint density at radius 3 is 2.86 bits per heavy atom. The summed E-state index contributed by atoms with van der Waals surface area (Å²) < 4.78 is 0. The van der Waals surface area contributed by atoms with E-state index in [0.29, 0.717) is 18.4 Å². The van der Waals surface area contributed by atoms with Crippen molar-refractivity contribution in [3.63, 3.8) is 0 Å². The van der Waals surface area contributed by atoms with Gasteiger partial charge in [0.1, 0.15) is 0 Å². The van der Waals surface area contributed by atoms with Crippen molar-refractivity contribution in [2.75, 3.05) is 0 Å². The number of nitrogens with one attached hydrogen (secondary N) is 1. The van der Waals surface area contributed by atoms with Gasteiger partial charge in [0.25, 0.3) is 0 Å². The standard InChI is InChI=1S/C8H14N4O2/c1-8(2,9)4-3-6-5-10-11-7(6)12(13)14/h5H,3-4,9H2,1-2H3,(H,10,11). The first-order chi connectivity index (χ1) is 6.40. The highest BCUT2D eigenvalue weighted by molar-refractivity contribution is 5.29. The van der Waals surface area contributed by atoms with Gasteiger partial charge in [-0.2, -0.15) is 0 Å². The predicted octanol–water partition coefficient (Wildman–Crippen LogP) is 0.988. The maximum absolute atomic E-state index is 10.5. The summed E-state index contributed by atoms with van der Waals surface area (Å²) in [6.45, 7) is 3.78. The highest BCUT2D eigenvalue weighted by atomic mass is 16.6. The van der Waals surface area contributed by atoms with E-state index in [0.717, 1.165) is 0 Å². The molecule has 3 N–H and O–H groups in total. The Bertz CT molecular complexity index is 326. The van der Waals surface area contributed by atoms with Gasteiger partial charge >= 0.3 is 5.82 Å². The highest BCUT2D eigenvalue weighted by Crippen LogP contribution is 2.18. The zero-order chi connectivity index (χ0) is 10.8. The first-order valence-electron chi connectivity index (χ1n) is 4.36. The molecule has 14 heavy (non-hydrogen) atoms. The third kappa shape index (κ3) is 2.81. The Labute approximate surface area is 81.6 Å². The van der Waals surface area contributed by atoms with Crippen LogP contribution in [0.5, 0.6) is 0 Å². The first kappa shape index (κ1) is 10.6. The smallest absolute Gasteiger partial charge is 0.345 e. The third-order valence-corrected chi connectivity index (χ3v) is 1.92. The van der Waals surface area contributed by atoms with E-state index in [9.17, 15) is 10.1 Å². The molecule has 1 aromatic heterocycles. The van der Waals surface area contributed by atoms with E-state index < -0.39 is 4.92 Å². The minimum atomic E-state index is -0.466. The van der Waals surface area contributed by atoms with E-state index in [-0.39, 0.29) is 11.4 Å². The minimum Gasteiger partial charge on any atom is -0.358 e. The summed E-state index contributed by atoms with van der Waals surface area (Å²) in [7, 11) is 0. The van der Waals surface area contributed by atoms with Crippen LogP contribution in [0.1, 0.15) is 25.8 Å². The normalized spacial score (nSPS) is 11.6. The molecule has 0 radical (unpaired) electrons.